The van der Waals surface area contributed by atoms with E-state index in [2.05, 4.69) is 74.7 Å². The topological polar surface area (TPSA) is 81.7 Å². The summed E-state index contributed by atoms with van der Waals surface area (Å²) in [5.74, 6) is 1.69. The van der Waals surface area contributed by atoms with Crippen LogP contribution in [0.25, 0.3) is 0 Å². The largest absolute Gasteiger partial charge is 0.495 e. The van der Waals surface area contributed by atoms with Crippen LogP contribution in [0.3, 0.4) is 0 Å². The van der Waals surface area contributed by atoms with E-state index in [1.165, 1.54) is 18.8 Å². The van der Waals surface area contributed by atoms with Crippen molar-refractivity contribution < 1.29 is 37.3 Å². The summed E-state index contributed by atoms with van der Waals surface area (Å²) < 4.78 is 44.5. The van der Waals surface area contributed by atoms with Gasteiger partial charge >= 0.3 is 5.97 Å². The van der Waals surface area contributed by atoms with Gasteiger partial charge in [0.15, 0.2) is 16.6 Å². The lowest BCUT2D eigenvalue weighted by Crippen LogP contribution is -2.65. The number of methoxy groups -OCH3 is 1. The number of rotatable bonds is 15. The molecule has 2 heterocycles. The molecule has 0 amide bonds. The third-order valence-electron chi connectivity index (χ3n) is 9.59. The summed E-state index contributed by atoms with van der Waals surface area (Å²) >= 11 is 3.80. The summed E-state index contributed by atoms with van der Waals surface area (Å²) in [5.41, 5.74) is -0.853. The highest BCUT2D eigenvalue weighted by atomic mass is 32.2. The summed E-state index contributed by atoms with van der Waals surface area (Å²) in [6, 6.07) is 0. The highest BCUT2D eigenvalue weighted by molar-refractivity contribution is 8.17. The first-order valence-corrected chi connectivity index (χ1v) is 24.0. The van der Waals surface area contributed by atoms with Crippen molar-refractivity contribution in [3.05, 3.63) is 12.3 Å². The second kappa shape index (κ2) is 16.9. The Balaban J connectivity index is 2.51. The van der Waals surface area contributed by atoms with Crippen molar-refractivity contribution in [1.29, 1.82) is 0 Å². The molecule has 0 unspecified atom stereocenters. The molecule has 44 heavy (non-hydrogen) atoms. The first-order valence-electron chi connectivity index (χ1n) is 16.1. The first kappa shape index (κ1) is 40.1. The van der Waals surface area contributed by atoms with Crippen LogP contribution in [0.2, 0.25) is 36.3 Å². The second-order valence-corrected chi connectivity index (χ2v) is 27.4. The van der Waals surface area contributed by atoms with Crippen LogP contribution in [-0.2, 0) is 37.3 Å². The van der Waals surface area contributed by atoms with E-state index < -0.39 is 34.3 Å². The Morgan fingerprint density at radius 3 is 2.20 bits per heavy atom. The van der Waals surface area contributed by atoms with E-state index >= 15 is 0 Å². The molecule has 258 valence electrons. The fraction of sp³-hybridized carbons (Fsp3) is 0.906. The van der Waals surface area contributed by atoms with E-state index in [0.29, 0.717) is 26.1 Å². The number of carbonyl (C=O) groups excluding carboxylic acids is 1. The predicted molar refractivity (Wildman–Crippen MR) is 188 cm³/mol. The van der Waals surface area contributed by atoms with E-state index in [4.69, 9.17) is 32.5 Å². The molecule has 2 aliphatic heterocycles. The van der Waals surface area contributed by atoms with Gasteiger partial charge in [0.05, 0.1) is 35.7 Å². The number of hydrogen-bond donors (Lipinski definition) is 0. The molecule has 0 aromatic rings. The summed E-state index contributed by atoms with van der Waals surface area (Å²) in [7, 11) is -2.49. The maximum absolute atomic E-state index is 12.2. The molecule has 8 nitrogen and oxygen atoms in total. The number of ether oxygens (including phenoxy) is 5. The first-order chi connectivity index (χ1) is 20.3. The normalized spacial score (nSPS) is 27.0. The Morgan fingerprint density at radius 2 is 1.66 bits per heavy atom. The van der Waals surface area contributed by atoms with E-state index in [1.807, 2.05) is 23.5 Å². The average molecular weight is 695 g/mol. The lowest BCUT2D eigenvalue weighted by atomic mass is 9.83. The van der Waals surface area contributed by atoms with E-state index in [-0.39, 0.29) is 39.8 Å². The van der Waals surface area contributed by atoms with E-state index in [0.717, 1.165) is 11.5 Å². The zero-order valence-corrected chi connectivity index (χ0v) is 33.4. The van der Waals surface area contributed by atoms with E-state index in [9.17, 15) is 4.79 Å². The Morgan fingerprint density at radius 1 is 1.05 bits per heavy atom. The van der Waals surface area contributed by atoms with Crippen molar-refractivity contribution in [2.75, 3.05) is 38.6 Å². The SMILES string of the molecule is CCOC(=O)/C=C/O[C@H]1C[C@@H](O[Si](C)(C)C(C)(C)C)[C@H](CCO[Si](C)(C)C(C)(C)C)O[C@]1(C)[C@H](OCOC)C1SCCCS1. The lowest BCUT2D eigenvalue weighted by Gasteiger charge is -2.53. The third kappa shape index (κ3) is 11.0. The molecule has 2 saturated heterocycles. The van der Waals surface area contributed by atoms with Gasteiger partial charge in [-0.05, 0) is 74.5 Å². The minimum atomic E-state index is -2.18. The summed E-state index contributed by atoms with van der Waals surface area (Å²) in [4.78, 5) is 12.2. The Labute approximate surface area is 279 Å². The van der Waals surface area contributed by atoms with Crippen molar-refractivity contribution in [2.45, 2.75) is 146 Å². The Kier molecular flexibility index (Phi) is 15.4. The van der Waals surface area contributed by atoms with Crippen LogP contribution >= 0.6 is 23.5 Å². The second-order valence-electron chi connectivity index (χ2n) is 15.0. The molecule has 5 atom stereocenters. The molecule has 0 aromatic carbocycles. The van der Waals surface area contributed by atoms with Crippen molar-refractivity contribution in [3.63, 3.8) is 0 Å². The van der Waals surface area contributed by atoms with Gasteiger partial charge in [0.2, 0.25) is 0 Å². The van der Waals surface area contributed by atoms with Crippen molar-refractivity contribution in [1.82, 2.24) is 0 Å². The van der Waals surface area contributed by atoms with Gasteiger partial charge in [0, 0.05) is 20.1 Å². The zero-order chi connectivity index (χ0) is 33.4. The molecule has 0 saturated carbocycles. The van der Waals surface area contributed by atoms with E-state index in [1.54, 1.807) is 14.0 Å². The molecule has 0 spiro atoms. The third-order valence-corrected chi connectivity index (χ3v) is 21.7. The van der Waals surface area contributed by atoms with Crippen molar-refractivity contribution in [3.8, 4) is 0 Å². The lowest BCUT2D eigenvalue weighted by molar-refractivity contribution is -0.266. The number of carbonyl (C=O) groups is 1. The number of thioether (sulfide) groups is 2. The molecule has 0 aromatic heterocycles. The number of hydrogen-bond acceptors (Lipinski definition) is 10. The standard InChI is InChI=1S/C32H62O8S2Si2/c1-14-35-27(33)17-18-36-26-22-25(40-44(12,13)31(5,6)7)24(16-19-38-43(10,11)30(2,3)4)39-32(26,8)28(37-23-34-9)29-41-20-15-21-42-29/h17-18,24-26,28-29H,14-16,19-23H2,1-13H3/b18-17+/t24-,25+,26-,28+,32-/m0/s1. The quantitative estimate of drug-likeness (QED) is 0.0553. The van der Waals surface area contributed by atoms with Crippen LogP contribution in [-0.4, -0.2) is 95.8 Å². The highest BCUT2D eigenvalue weighted by Crippen LogP contribution is 2.47. The fourth-order valence-electron chi connectivity index (χ4n) is 4.80. The fourth-order valence-corrected chi connectivity index (χ4v) is 10.5. The number of esters is 1. The monoisotopic (exact) mass is 694 g/mol. The van der Waals surface area contributed by atoms with Crippen LogP contribution in [0, 0.1) is 0 Å². The Bertz CT molecular complexity index is 915. The van der Waals surface area contributed by atoms with Crippen LogP contribution in [0.5, 0.6) is 0 Å². The average Bonchev–Trinajstić information content (AvgIpc) is 2.90. The van der Waals surface area contributed by atoms with Crippen LogP contribution in [0.4, 0.5) is 0 Å². The molecule has 0 aliphatic carbocycles. The smallest absolute Gasteiger partial charge is 0.333 e. The highest BCUT2D eigenvalue weighted by Gasteiger charge is 2.56. The van der Waals surface area contributed by atoms with Crippen LogP contribution < -0.4 is 0 Å². The van der Waals surface area contributed by atoms with Gasteiger partial charge in [-0.2, -0.15) is 0 Å². The molecule has 2 rings (SSSR count). The molecule has 0 bridgehead atoms. The molecular weight excluding hydrogens is 633 g/mol. The van der Waals surface area contributed by atoms with Crippen molar-refractivity contribution >= 4 is 46.1 Å². The molecule has 2 fully saturated rings. The summed E-state index contributed by atoms with van der Waals surface area (Å²) in [6.45, 7) is 27.6. The van der Waals surface area contributed by atoms with Gasteiger partial charge in [0.25, 0.3) is 0 Å². The summed E-state index contributed by atoms with van der Waals surface area (Å²) in [6.07, 6.45) is 4.05. The maximum atomic E-state index is 12.2. The van der Waals surface area contributed by atoms with Gasteiger partial charge in [0.1, 0.15) is 24.6 Å². The molecule has 0 N–H and O–H groups in total. The maximum Gasteiger partial charge on any atom is 0.333 e. The zero-order valence-electron chi connectivity index (χ0n) is 29.8. The predicted octanol–water partition coefficient (Wildman–Crippen LogP) is 7.98. The van der Waals surface area contributed by atoms with Gasteiger partial charge in [-0.3, -0.25) is 0 Å². The van der Waals surface area contributed by atoms with Crippen LogP contribution in [0.15, 0.2) is 12.3 Å². The molecule has 0 radical (unpaired) electrons. The van der Waals surface area contributed by atoms with Crippen LogP contribution in [0.1, 0.15) is 74.7 Å². The van der Waals surface area contributed by atoms with Gasteiger partial charge in [-0.25, -0.2) is 4.79 Å². The summed E-state index contributed by atoms with van der Waals surface area (Å²) in [5, 5.41) is 0.139. The Hall–Kier alpha value is -0.0562. The van der Waals surface area contributed by atoms with Gasteiger partial charge in [-0.15, -0.1) is 23.5 Å². The van der Waals surface area contributed by atoms with Gasteiger partial charge in [-0.1, -0.05) is 41.5 Å². The molecular formula is C32H62O8S2Si2. The van der Waals surface area contributed by atoms with Crippen molar-refractivity contribution in [2.24, 2.45) is 0 Å². The van der Waals surface area contributed by atoms with Gasteiger partial charge < -0.3 is 32.5 Å². The minimum Gasteiger partial charge on any atom is -0.495 e. The molecule has 12 heteroatoms. The minimum absolute atomic E-state index is 0.0234. The molecule has 2 aliphatic rings.